The number of amides is 2. The lowest BCUT2D eigenvalue weighted by molar-refractivity contribution is -0.142. The van der Waals surface area contributed by atoms with Crippen molar-refractivity contribution >= 4 is 35.8 Å². The summed E-state index contributed by atoms with van der Waals surface area (Å²) in [5.74, 6) is 0.650. The third-order valence-corrected chi connectivity index (χ3v) is 5.02. The SMILES string of the molecule is Cl.NCCC(=O)NCC1CCCCN1C(=O)C1Cc2cc(Cl)ccc2O1. The maximum absolute atomic E-state index is 13.0. The van der Waals surface area contributed by atoms with Gasteiger partial charge in [-0.05, 0) is 43.0 Å². The molecular weight excluding hydrogens is 377 g/mol. The normalized spacial score (nSPS) is 21.4. The molecule has 0 aromatic heterocycles. The number of hydrogen-bond donors (Lipinski definition) is 2. The van der Waals surface area contributed by atoms with Gasteiger partial charge in [0.1, 0.15) is 5.75 Å². The van der Waals surface area contributed by atoms with Crippen molar-refractivity contribution in [1.82, 2.24) is 10.2 Å². The third-order valence-electron chi connectivity index (χ3n) is 4.79. The van der Waals surface area contributed by atoms with Crippen molar-refractivity contribution in [1.29, 1.82) is 0 Å². The summed E-state index contributed by atoms with van der Waals surface area (Å²) in [6.07, 6.45) is 3.27. The summed E-state index contributed by atoms with van der Waals surface area (Å²) in [5, 5.41) is 3.53. The number of fused-ring (bicyclic) bond motifs is 1. The molecule has 1 saturated heterocycles. The molecule has 0 aliphatic carbocycles. The topological polar surface area (TPSA) is 84.7 Å². The van der Waals surface area contributed by atoms with Crippen LogP contribution in [0.25, 0.3) is 0 Å². The van der Waals surface area contributed by atoms with E-state index in [0.29, 0.717) is 37.5 Å². The van der Waals surface area contributed by atoms with Gasteiger partial charge in [-0.3, -0.25) is 9.59 Å². The van der Waals surface area contributed by atoms with Crippen LogP contribution in [0, 0.1) is 0 Å². The largest absolute Gasteiger partial charge is 0.480 e. The van der Waals surface area contributed by atoms with Gasteiger partial charge in [0.05, 0.1) is 0 Å². The van der Waals surface area contributed by atoms with Crippen LogP contribution < -0.4 is 15.8 Å². The van der Waals surface area contributed by atoms with Gasteiger partial charge < -0.3 is 20.7 Å². The van der Waals surface area contributed by atoms with Crippen LogP contribution in [0.5, 0.6) is 5.75 Å². The van der Waals surface area contributed by atoms with Gasteiger partial charge in [0.25, 0.3) is 5.91 Å². The molecule has 1 aromatic carbocycles. The lowest BCUT2D eigenvalue weighted by Crippen LogP contribution is -2.53. The highest BCUT2D eigenvalue weighted by Crippen LogP contribution is 2.32. The Morgan fingerprint density at radius 3 is 2.92 bits per heavy atom. The molecule has 2 aliphatic heterocycles. The Hall–Kier alpha value is -1.50. The third kappa shape index (κ3) is 4.81. The zero-order valence-corrected chi connectivity index (χ0v) is 16.2. The first-order chi connectivity index (χ1) is 12.1. The van der Waals surface area contributed by atoms with Crippen LogP contribution in [0.2, 0.25) is 5.02 Å². The molecule has 2 aliphatic rings. The number of benzene rings is 1. The van der Waals surface area contributed by atoms with Gasteiger partial charge in [0.15, 0.2) is 6.10 Å². The second kappa shape index (κ2) is 9.44. The highest BCUT2D eigenvalue weighted by molar-refractivity contribution is 6.30. The fraction of sp³-hybridized carbons (Fsp3) is 0.556. The molecule has 3 N–H and O–H groups in total. The van der Waals surface area contributed by atoms with E-state index in [-0.39, 0.29) is 30.3 Å². The van der Waals surface area contributed by atoms with Gasteiger partial charge >= 0.3 is 0 Å². The van der Waals surface area contributed by atoms with Crippen LogP contribution in [-0.2, 0) is 16.0 Å². The number of halogens is 2. The Labute approximate surface area is 164 Å². The maximum Gasteiger partial charge on any atom is 0.264 e. The van der Waals surface area contributed by atoms with Crippen molar-refractivity contribution in [3.63, 3.8) is 0 Å². The van der Waals surface area contributed by atoms with Crippen molar-refractivity contribution in [3.05, 3.63) is 28.8 Å². The zero-order valence-electron chi connectivity index (χ0n) is 14.6. The molecule has 2 heterocycles. The number of carbonyl (C=O) groups excluding carboxylic acids is 2. The van der Waals surface area contributed by atoms with E-state index in [0.717, 1.165) is 30.6 Å². The highest BCUT2D eigenvalue weighted by Gasteiger charge is 2.36. The summed E-state index contributed by atoms with van der Waals surface area (Å²) >= 11 is 6.02. The molecule has 0 saturated carbocycles. The van der Waals surface area contributed by atoms with E-state index in [4.69, 9.17) is 22.1 Å². The van der Waals surface area contributed by atoms with E-state index >= 15 is 0 Å². The maximum atomic E-state index is 13.0. The molecule has 0 bridgehead atoms. The minimum Gasteiger partial charge on any atom is -0.480 e. The minimum atomic E-state index is -0.506. The lowest BCUT2D eigenvalue weighted by atomic mass is 10.00. The Kier molecular flexibility index (Phi) is 7.55. The van der Waals surface area contributed by atoms with Crippen LogP contribution >= 0.6 is 24.0 Å². The molecule has 1 aromatic rings. The van der Waals surface area contributed by atoms with Crippen molar-refractivity contribution in [2.24, 2.45) is 5.73 Å². The Balaban J connectivity index is 0.00000243. The van der Waals surface area contributed by atoms with Crippen LogP contribution in [0.4, 0.5) is 0 Å². The molecule has 2 amide bonds. The molecule has 1 fully saturated rings. The van der Waals surface area contributed by atoms with Gasteiger partial charge in [-0.1, -0.05) is 11.6 Å². The number of nitrogens with two attached hydrogens (primary N) is 1. The molecule has 2 atom stereocenters. The molecule has 144 valence electrons. The second-order valence-corrected chi connectivity index (χ2v) is 7.02. The van der Waals surface area contributed by atoms with Crippen molar-refractivity contribution in [3.8, 4) is 5.75 Å². The molecule has 0 radical (unpaired) electrons. The van der Waals surface area contributed by atoms with Gasteiger partial charge in [-0.2, -0.15) is 0 Å². The van der Waals surface area contributed by atoms with E-state index in [1.807, 2.05) is 17.0 Å². The van der Waals surface area contributed by atoms with E-state index in [1.54, 1.807) is 6.07 Å². The molecular formula is C18H25Cl2N3O3. The minimum absolute atomic E-state index is 0. The number of carbonyl (C=O) groups is 2. The fourth-order valence-corrected chi connectivity index (χ4v) is 3.69. The van der Waals surface area contributed by atoms with Gasteiger partial charge in [-0.25, -0.2) is 0 Å². The zero-order chi connectivity index (χ0) is 17.8. The summed E-state index contributed by atoms with van der Waals surface area (Å²) < 4.78 is 5.84. The van der Waals surface area contributed by atoms with Crippen LogP contribution in [0.15, 0.2) is 18.2 Å². The Morgan fingerprint density at radius 2 is 2.15 bits per heavy atom. The van der Waals surface area contributed by atoms with Crippen LogP contribution in [-0.4, -0.2) is 48.5 Å². The van der Waals surface area contributed by atoms with Crippen molar-refractivity contribution < 1.29 is 14.3 Å². The number of rotatable bonds is 5. The first kappa shape index (κ1) is 20.8. The fourth-order valence-electron chi connectivity index (χ4n) is 3.49. The van der Waals surface area contributed by atoms with Gasteiger partial charge in [0, 0.05) is 43.5 Å². The average molecular weight is 402 g/mol. The first-order valence-electron chi connectivity index (χ1n) is 8.81. The van der Waals surface area contributed by atoms with Crippen LogP contribution in [0.3, 0.4) is 0 Å². The number of nitrogens with one attached hydrogen (secondary N) is 1. The Morgan fingerprint density at radius 1 is 1.35 bits per heavy atom. The summed E-state index contributed by atoms with van der Waals surface area (Å²) in [4.78, 5) is 26.5. The van der Waals surface area contributed by atoms with Crippen molar-refractivity contribution in [2.45, 2.75) is 44.2 Å². The number of ether oxygens (including phenoxy) is 1. The van der Waals surface area contributed by atoms with E-state index < -0.39 is 6.10 Å². The number of nitrogens with zero attached hydrogens (tertiary/aromatic N) is 1. The van der Waals surface area contributed by atoms with E-state index in [1.165, 1.54) is 0 Å². The summed E-state index contributed by atoms with van der Waals surface area (Å²) in [7, 11) is 0. The predicted octanol–water partition coefficient (Wildman–Crippen LogP) is 1.91. The summed E-state index contributed by atoms with van der Waals surface area (Å²) in [5.41, 5.74) is 6.37. The standard InChI is InChI=1S/C18H24ClN3O3.ClH/c19-13-4-5-15-12(9-13)10-16(25-15)18(24)22-8-2-1-3-14(22)11-21-17(23)6-7-20;/h4-5,9,14,16H,1-3,6-8,10-11,20H2,(H,21,23);1H. The monoisotopic (exact) mass is 401 g/mol. The number of likely N-dealkylation sites (tertiary alicyclic amines) is 1. The average Bonchev–Trinajstić information content (AvgIpc) is 3.03. The second-order valence-electron chi connectivity index (χ2n) is 6.59. The number of hydrogen-bond acceptors (Lipinski definition) is 4. The molecule has 6 nitrogen and oxygen atoms in total. The summed E-state index contributed by atoms with van der Waals surface area (Å²) in [6, 6.07) is 5.44. The molecule has 3 rings (SSSR count). The predicted molar refractivity (Wildman–Crippen MR) is 103 cm³/mol. The summed E-state index contributed by atoms with van der Waals surface area (Å²) in [6.45, 7) is 1.50. The quantitative estimate of drug-likeness (QED) is 0.788. The molecule has 26 heavy (non-hydrogen) atoms. The van der Waals surface area contributed by atoms with Gasteiger partial charge in [0.2, 0.25) is 5.91 Å². The first-order valence-corrected chi connectivity index (χ1v) is 9.18. The van der Waals surface area contributed by atoms with E-state index in [2.05, 4.69) is 5.32 Å². The highest BCUT2D eigenvalue weighted by atomic mass is 35.5. The van der Waals surface area contributed by atoms with Crippen molar-refractivity contribution in [2.75, 3.05) is 19.6 Å². The smallest absolute Gasteiger partial charge is 0.264 e. The molecule has 0 spiro atoms. The molecule has 2 unspecified atom stereocenters. The lowest BCUT2D eigenvalue weighted by Gasteiger charge is -2.37. The molecule has 8 heteroatoms. The van der Waals surface area contributed by atoms with Crippen LogP contribution in [0.1, 0.15) is 31.2 Å². The number of piperidine rings is 1. The Bertz CT molecular complexity index is 657. The van der Waals surface area contributed by atoms with E-state index in [9.17, 15) is 9.59 Å². The van der Waals surface area contributed by atoms with Gasteiger partial charge in [-0.15, -0.1) is 12.4 Å².